The topological polar surface area (TPSA) is 3.24 Å². The highest BCUT2D eigenvalue weighted by Crippen LogP contribution is 2.71. The zero-order valence-corrected chi connectivity index (χ0v) is 42.6. The molecular formula is C75H57N. The first-order valence-electron chi connectivity index (χ1n) is 27.8. The molecule has 0 aliphatic heterocycles. The Balaban J connectivity index is 0.934. The summed E-state index contributed by atoms with van der Waals surface area (Å²) in [5.41, 5.74) is 24.5. The molecule has 0 atom stereocenters. The van der Waals surface area contributed by atoms with Gasteiger partial charge in [0.25, 0.3) is 0 Å². The molecule has 4 saturated carbocycles. The average molecular weight is 972 g/mol. The SMILES string of the molecule is c1ccc(-c2ccc(N(c3cc(-c4ccccc4)c4c(c3)C3(c5ccc(-c6ccc7c(c6)C(c6ccccc6)(c6ccccc6)c6ccccc6-7)cc5-4)C4CC5CC(C4)CC3C5)c3ccc4ccccc4c3)cc2)cc1. The van der Waals surface area contributed by atoms with Gasteiger partial charge in [0.15, 0.2) is 0 Å². The Morgan fingerprint density at radius 2 is 0.829 bits per heavy atom. The molecule has 0 radical (unpaired) electrons. The highest BCUT2D eigenvalue weighted by atomic mass is 15.1. The quantitative estimate of drug-likeness (QED) is 0.147. The Morgan fingerprint density at radius 1 is 0.289 bits per heavy atom. The average Bonchev–Trinajstić information content (AvgIpc) is 4.18. The van der Waals surface area contributed by atoms with Crippen molar-refractivity contribution >= 4 is 27.8 Å². The van der Waals surface area contributed by atoms with Crippen LogP contribution in [0.1, 0.15) is 65.5 Å². The van der Waals surface area contributed by atoms with Crippen LogP contribution < -0.4 is 4.90 Å². The van der Waals surface area contributed by atoms with Gasteiger partial charge in [0.1, 0.15) is 0 Å². The molecule has 0 unspecified atom stereocenters. The second kappa shape index (κ2) is 17.0. The molecule has 362 valence electrons. The van der Waals surface area contributed by atoms with Crippen LogP contribution in [0, 0.1) is 23.7 Å². The largest absolute Gasteiger partial charge is 0.310 e. The summed E-state index contributed by atoms with van der Waals surface area (Å²) >= 11 is 0. The Kier molecular flexibility index (Phi) is 9.81. The molecule has 17 rings (SSSR count). The van der Waals surface area contributed by atoms with E-state index in [0.717, 1.165) is 17.5 Å². The molecule has 0 heterocycles. The van der Waals surface area contributed by atoms with Crippen LogP contribution in [0.2, 0.25) is 0 Å². The third kappa shape index (κ3) is 6.39. The lowest BCUT2D eigenvalue weighted by Crippen LogP contribution is -2.55. The van der Waals surface area contributed by atoms with Gasteiger partial charge in [0, 0.05) is 22.5 Å². The maximum absolute atomic E-state index is 2.69. The molecule has 1 spiro atoms. The van der Waals surface area contributed by atoms with E-state index in [1.165, 1.54) is 132 Å². The van der Waals surface area contributed by atoms with Gasteiger partial charge in [-0.15, -0.1) is 0 Å². The molecule has 11 aromatic carbocycles. The maximum atomic E-state index is 2.69. The molecule has 1 heteroatoms. The standard InChI is InChI=1S/C75H57N/c1-5-17-51(18-6-1)53-29-34-62(35-30-53)76(63-36-31-52-19-13-14-22-55(52)44-63)64-47-67(54-20-7-2-8-21-54)73-68-45-56(33-38-70(68)75(72(73)48-64)60-40-49-39-50(42-60)43-61(75)41-49)57-32-37-66-65-27-15-16-28-69(65)74(71(66)46-57,58-23-9-3-10-24-58)59-25-11-4-12-26-59/h1-38,44-50,60-61H,39-43H2. The van der Waals surface area contributed by atoms with Crippen LogP contribution in [0.3, 0.4) is 0 Å². The fourth-order valence-corrected chi connectivity index (χ4v) is 16.3. The summed E-state index contributed by atoms with van der Waals surface area (Å²) in [6.45, 7) is 0. The van der Waals surface area contributed by atoms with Crippen LogP contribution in [0.5, 0.6) is 0 Å². The molecule has 6 aliphatic carbocycles. The highest BCUT2D eigenvalue weighted by molar-refractivity contribution is 5.99. The van der Waals surface area contributed by atoms with Crippen molar-refractivity contribution < 1.29 is 0 Å². The number of hydrogen-bond acceptors (Lipinski definition) is 1. The van der Waals surface area contributed by atoms with E-state index in [4.69, 9.17) is 0 Å². The number of hydrogen-bond donors (Lipinski definition) is 0. The van der Waals surface area contributed by atoms with Crippen LogP contribution in [0.4, 0.5) is 17.1 Å². The van der Waals surface area contributed by atoms with Gasteiger partial charge in [0.05, 0.1) is 5.41 Å². The fraction of sp³-hybridized carbons (Fsp3) is 0.147. The summed E-state index contributed by atoms with van der Waals surface area (Å²) in [7, 11) is 0. The van der Waals surface area contributed by atoms with Gasteiger partial charge in [-0.25, -0.2) is 0 Å². The third-order valence-electron chi connectivity index (χ3n) is 19.1. The number of benzene rings is 11. The zero-order valence-electron chi connectivity index (χ0n) is 42.6. The number of fused-ring (bicyclic) bond motifs is 7. The maximum Gasteiger partial charge on any atom is 0.0713 e. The molecule has 4 bridgehead atoms. The first-order valence-corrected chi connectivity index (χ1v) is 27.8. The lowest BCUT2D eigenvalue weighted by molar-refractivity contribution is -0.0399. The monoisotopic (exact) mass is 971 g/mol. The van der Waals surface area contributed by atoms with Crippen LogP contribution in [0.25, 0.3) is 66.4 Å². The summed E-state index contributed by atoms with van der Waals surface area (Å²) in [5.74, 6) is 2.87. The normalized spacial score (nSPS) is 20.8. The molecule has 11 aromatic rings. The molecule has 0 aromatic heterocycles. The first kappa shape index (κ1) is 43.8. The molecule has 0 amide bonds. The van der Waals surface area contributed by atoms with Gasteiger partial charge >= 0.3 is 0 Å². The van der Waals surface area contributed by atoms with E-state index >= 15 is 0 Å². The molecule has 4 fully saturated rings. The van der Waals surface area contributed by atoms with E-state index in [2.05, 4.69) is 266 Å². The summed E-state index contributed by atoms with van der Waals surface area (Å²) < 4.78 is 0. The van der Waals surface area contributed by atoms with Gasteiger partial charge in [-0.1, -0.05) is 212 Å². The Morgan fingerprint density at radius 3 is 1.53 bits per heavy atom. The highest BCUT2D eigenvalue weighted by Gasteiger charge is 2.62. The summed E-state index contributed by atoms with van der Waals surface area (Å²) in [6.07, 6.45) is 6.70. The summed E-state index contributed by atoms with van der Waals surface area (Å²) in [4.78, 5) is 2.56. The van der Waals surface area contributed by atoms with Crippen molar-refractivity contribution in [3.05, 3.63) is 294 Å². The van der Waals surface area contributed by atoms with Crippen molar-refractivity contribution in [2.75, 3.05) is 4.90 Å². The van der Waals surface area contributed by atoms with Crippen LogP contribution in [0.15, 0.2) is 261 Å². The van der Waals surface area contributed by atoms with E-state index in [1.807, 2.05) is 0 Å². The van der Waals surface area contributed by atoms with Crippen molar-refractivity contribution in [2.24, 2.45) is 23.7 Å². The lowest BCUT2D eigenvalue weighted by atomic mass is 9.43. The predicted molar refractivity (Wildman–Crippen MR) is 316 cm³/mol. The molecule has 0 saturated heterocycles. The van der Waals surface area contributed by atoms with Crippen molar-refractivity contribution in [3.8, 4) is 55.6 Å². The van der Waals surface area contributed by atoms with Gasteiger partial charge in [-0.2, -0.15) is 0 Å². The molecule has 0 N–H and O–H groups in total. The minimum absolute atomic E-state index is 0.0717. The Hall–Kier alpha value is -8.52. The summed E-state index contributed by atoms with van der Waals surface area (Å²) in [5, 5.41) is 2.50. The smallest absolute Gasteiger partial charge is 0.0713 e. The van der Waals surface area contributed by atoms with Crippen LogP contribution in [-0.4, -0.2) is 0 Å². The van der Waals surface area contributed by atoms with Crippen molar-refractivity contribution in [1.29, 1.82) is 0 Å². The van der Waals surface area contributed by atoms with Crippen molar-refractivity contribution in [2.45, 2.75) is 42.9 Å². The van der Waals surface area contributed by atoms with E-state index in [-0.39, 0.29) is 5.41 Å². The minimum Gasteiger partial charge on any atom is -0.310 e. The van der Waals surface area contributed by atoms with E-state index in [9.17, 15) is 0 Å². The molecule has 6 aliphatic rings. The number of anilines is 3. The van der Waals surface area contributed by atoms with Crippen LogP contribution in [-0.2, 0) is 10.8 Å². The van der Waals surface area contributed by atoms with Gasteiger partial charge in [-0.3, -0.25) is 0 Å². The van der Waals surface area contributed by atoms with E-state index in [0.29, 0.717) is 11.8 Å². The second-order valence-corrected chi connectivity index (χ2v) is 22.8. The van der Waals surface area contributed by atoms with Gasteiger partial charge < -0.3 is 4.90 Å². The number of rotatable bonds is 8. The van der Waals surface area contributed by atoms with Gasteiger partial charge in [-0.05, 0) is 204 Å². The lowest BCUT2D eigenvalue weighted by Gasteiger charge is -2.61. The minimum atomic E-state index is -0.464. The number of nitrogens with zero attached hydrogens (tertiary/aromatic N) is 1. The van der Waals surface area contributed by atoms with E-state index < -0.39 is 5.41 Å². The van der Waals surface area contributed by atoms with Crippen molar-refractivity contribution in [3.63, 3.8) is 0 Å². The van der Waals surface area contributed by atoms with E-state index in [1.54, 1.807) is 11.1 Å². The Bertz CT molecular complexity index is 3970. The third-order valence-corrected chi connectivity index (χ3v) is 19.1. The molecule has 1 nitrogen and oxygen atoms in total. The fourth-order valence-electron chi connectivity index (χ4n) is 16.3. The first-order chi connectivity index (χ1) is 37.6. The zero-order chi connectivity index (χ0) is 50.0. The Labute approximate surface area is 446 Å². The van der Waals surface area contributed by atoms with Gasteiger partial charge in [0.2, 0.25) is 0 Å². The molecular weight excluding hydrogens is 915 g/mol. The van der Waals surface area contributed by atoms with Crippen molar-refractivity contribution in [1.82, 2.24) is 0 Å². The molecule has 76 heavy (non-hydrogen) atoms. The van der Waals surface area contributed by atoms with Crippen LogP contribution >= 0.6 is 0 Å². The predicted octanol–water partition coefficient (Wildman–Crippen LogP) is 19.4. The summed E-state index contributed by atoms with van der Waals surface area (Å²) in [6, 6.07) is 99.2. The second-order valence-electron chi connectivity index (χ2n) is 22.8.